The molecule has 0 radical (unpaired) electrons. The van der Waals surface area contributed by atoms with E-state index < -0.39 is 10.0 Å². The van der Waals surface area contributed by atoms with Crippen LogP contribution in [-0.2, 0) is 21.2 Å². The standard InChI is InChI=1S/C17H14N2O3S/c1-2-14(20)12-13-8-10-18-17-16(13)9-11-19(17)23(21,22)15-6-4-3-5-7-15/h2-11H,1,12H2. The molecular weight excluding hydrogens is 312 g/mol. The van der Waals surface area contributed by atoms with E-state index in [0.717, 1.165) is 9.54 Å². The molecule has 0 unspecified atom stereocenters. The van der Waals surface area contributed by atoms with E-state index >= 15 is 0 Å². The molecule has 3 rings (SSSR count). The maximum Gasteiger partial charge on any atom is 0.269 e. The monoisotopic (exact) mass is 326 g/mol. The summed E-state index contributed by atoms with van der Waals surface area (Å²) in [6.45, 7) is 3.45. The molecule has 2 heterocycles. The van der Waals surface area contributed by atoms with Crippen molar-refractivity contribution in [2.75, 3.05) is 0 Å². The fourth-order valence-corrected chi connectivity index (χ4v) is 3.71. The van der Waals surface area contributed by atoms with E-state index in [9.17, 15) is 13.2 Å². The summed E-state index contributed by atoms with van der Waals surface area (Å²) >= 11 is 0. The van der Waals surface area contributed by atoms with Gasteiger partial charge in [0.05, 0.1) is 4.90 Å². The largest absolute Gasteiger partial charge is 0.295 e. The molecule has 0 saturated carbocycles. The van der Waals surface area contributed by atoms with Gasteiger partial charge in [-0.2, -0.15) is 0 Å². The highest BCUT2D eigenvalue weighted by atomic mass is 32.2. The Morgan fingerprint density at radius 3 is 2.61 bits per heavy atom. The fourth-order valence-electron chi connectivity index (χ4n) is 2.38. The minimum Gasteiger partial charge on any atom is -0.295 e. The Balaban J connectivity index is 2.16. The molecule has 0 spiro atoms. The Morgan fingerprint density at radius 2 is 1.91 bits per heavy atom. The van der Waals surface area contributed by atoms with Crippen LogP contribution in [0, 0.1) is 0 Å². The van der Waals surface area contributed by atoms with Gasteiger partial charge in [0, 0.05) is 24.2 Å². The Kier molecular flexibility index (Phi) is 3.83. The molecule has 0 amide bonds. The maximum absolute atomic E-state index is 12.7. The fraction of sp³-hybridized carbons (Fsp3) is 0.0588. The number of fused-ring (bicyclic) bond motifs is 1. The highest BCUT2D eigenvalue weighted by molar-refractivity contribution is 7.90. The maximum atomic E-state index is 12.7. The van der Waals surface area contributed by atoms with Gasteiger partial charge in [-0.25, -0.2) is 17.4 Å². The van der Waals surface area contributed by atoms with Gasteiger partial charge in [0.15, 0.2) is 11.4 Å². The SMILES string of the molecule is C=CC(=O)Cc1ccnc2c1ccn2S(=O)(=O)c1ccccc1. The third-order valence-corrected chi connectivity index (χ3v) is 5.22. The van der Waals surface area contributed by atoms with E-state index in [2.05, 4.69) is 11.6 Å². The Morgan fingerprint density at radius 1 is 1.17 bits per heavy atom. The quantitative estimate of drug-likeness (QED) is 0.676. The van der Waals surface area contributed by atoms with Crippen molar-refractivity contribution in [3.05, 3.63) is 73.1 Å². The first-order valence-electron chi connectivity index (χ1n) is 6.95. The van der Waals surface area contributed by atoms with Crippen LogP contribution in [0.1, 0.15) is 5.56 Å². The number of aromatic nitrogens is 2. The summed E-state index contributed by atoms with van der Waals surface area (Å²) < 4.78 is 26.6. The zero-order valence-corrected chi connectivity index (χ0v) is 13.0. The number of pyridine rings is 1. The molecule has 0 aliphatic rings. The van der Waals surface area contributed by atoms with E-state index in [1.165, 1.54) is 30.6 Å². The summed E-state index contributed by atoms with van der Waals surface area (Å²) in [5, 5.41) is 0.641. The van der Waals surface area contributed by atoms with Crippen molar-refractivity contribution >= 4 is 26.8 Å². The van der Waals surface area contributed by atoms with Crippen LogP contribution in [0.4, 0.5) is 0 Å². The molecule has 3 aromatic rings. The van der Waals surface area contributed by atoms with Crippen molar-refractivity contribution in [1.82, 2.24) is 8.96 Å². The van der Waals surface area contributed by atoms with E-state index in [0.29, 0.717) is 11.0 Å². The van der Waals surface area contributed by atoms with Crippen LogP contribution < -0.4 is 0 Å². The van der Waals surface area contributed by atoms with E-state index in [-0.39, 0.29) is 17.1 Å². The lowest BCUT2D eigenvalue weighted by molar-refractivity contribution is -0.113. The molecule has 0 fully saturated rings. The van der Waals surface area contributed by atoms with Crippen LogP contribution in [-0.4, -0.2) is 23.2 Å². The topological polar surface area (TPSA) is 69.0 Å². The lowest BCUT2D eigenvalue weighted by Gasteiger charge is -2.07. The molecule has 0 bridgehead atoms. The van der Waals surface area contributed by atoms with Gasteiger partial charge >= 0.3 is 0 Å². The lowest BCUT2D eigenvalue weighted by Crippen LogP contribution is -2.12. The van der Waals surface area contributed by atoms with Gasteiger partial charge < -0.3 is 0 Å². The van der Waals surface area contributed by atoms with Crippen LogP contribution in [0.25, 0.3) is 11.0 Å². The highest BCUT2D eigenvalue weighted by Gasteiger charge is 2.20. The minimum atomic E-state index is -3.72. The summed E-state index contributed by atoms with van der Waals surface area (Å²) in [7, 11) is -3.72. The van der Waals surface area contributed by atoms with Gasteiger partial charge in [-0.3, -0.25) is 4.79 Å². The van der Waals surface area contributed by atoms with E-state index in [1.54, 1.807) is 30.3 Å². The summed E-state index contributed by atoms with van der Waals surface area (Å²) in [6.07, 6.45) is 4.38. The number of carbonyl (C=O) groups excluding carboxylic acids is 1. The molecule has 0 aliphatic carbocycles. The van der Waals surface area contributed by atoms with Crippen LogP contribution in [0.5, 0.6) is 0 Å². The van der Waals surface area contributed by atoms with Crippen molar-refractivity contribution in [3.63, 3.8) is 0 Å². The van der Waals surface area contributed by atoms with Gasteiger partial charge in [-0.15, -0.1) is 0 Å². The first-order chi connectivity index (χ1) is 11.0. The second-order valence-corrected chi connectivity index (χ2v) is 6.80. The minimum absolute atomic E-state index is 0.129. The highest BCUT2D eigenvalue weighted by Crippen LogP contribution is 2.23. The molecule has 0 N–H and O–H groups in total. The zero-order chi connectivity index (χ0) is 16.4. The van der Waals surface area contributed by atoms with Crippen molar-refractivity contribution in [3.8, 4) is 0 Å². The molecule has 116 valence electrons. The molecule has 0 aliphatic heterocycles. The molecule has 1 aromatic carbocycles. The van der Waals surface area contributed by atoms with Gasteiger partial charge in [0.1, 0.15) is 0 Å². The average molecular weight is 326 g/mol. The number of hydrogen-bond donors (Lipinski definition) is 0. The van der Waals surface area contributed by atoms with Crippen molar-refractivity contribution in [2.24, 2.45) is 0 Å². The number of carbonyl (C=O) groups is 1. The number of nitrogens with zero attached hydrogens (tertiary/aromatic N) is 2. The van der Waals surface area contributed by atoms with E-state index in [1.807, 2.05) is 0 Å². The summed E-state index contributed by atoms with van der Waals surface area (Å²) in [4.78, 5) is 15.9. The predicted molar refractivity (Wildman–Crippen MR) is 87.7 cm³/mol. The van der Waals surface area contributed by atoms with Gasteiger partial charge in [-0.1, -0.05) is 24.8 Å². The third kappa shape index (κ3) is 2.68. The molecule has 5 nitrogen and oxygen atoms in total. The van der Waals surface area contributed by atoms with Crippen molar-refractivity contribution in [1.29, 1.82) is 0 Å². The number of benzene rings is 1. The first kappa shape index (κ1) is 15.2. The Bertz CT molecular complexity index is 989. The lowest BCUT2D eigenvalue weighted by atomic mass is 10.1. The number of rotatable bonds is 5. The molecule has 23 heavy (non-hydrogen) atoms. The number of ketones is 1. The third-order valence-electron chi connectivity index (χ3n) is 3.54. The smallest absolute Gasteiger partial charge is 0.269 e. The van der Waals surface area contributed by atoms with Crippen LogP contribution in [0.3, 0.4) is 0 Å². The van der Waals surface area contributed by atoms with Crippen molar-refractivity contribution < 1.29 is 13.2 Å². The number of hydrogen-bond acceptors (Lipinski definition) is 4. The van der Waals surface area contributed by atoms with Crippen molar-refractivity contribution in [2.45, 2.75) is 11.3 Å². The molecule has 2 aromatic heterocycles. The van der Waals surface area contributed by atoms with Gasteiger partial charge in [0.25, 0.3) is 10.0 Å². The summed E-state index contributed by atoms with van der Waals surface area (Å²) in [5.74, 6) is -0.129. The Labute approximate surface area is 134 Å². The number of allylic oxidation sites excluding steroid dienone is 1. The zero-order valence-electron chi connectivity index (χ0n) is 12.2. The second kappa shape index (κ2) is 5.81. The molecule has 6 heteroatoms. The molecule has 0 atom stereocenters. The second-order valence-electron chi connectivity index (χ2n) is 4.98. The molecule has 0 saturated heterocycles. The van der Waals surface area contributed by atoms with Gasteiger partial charge in [0.2, 0.25) is 0 Å². The van der Waals surface area contributed by atoms with Crippen LogP contribution in [0.15, 0.2) is 72.4 Å². The normalized spacial score (nSPS) is 11.5. The van der Waals surface area contributed by atoms with Crippen LogP contribution in [0.2, 0.25) is 0 Å². The van der Waals surface area contributed by atoms with E-state index in [4.69, 9.17) is 0 Å². The van der Waals surface area contributed by atoms with Gasteiger partial charge in [-0.05, 0) is 35.9 Å². The Hall–Kier alpha value is -2.73. The predicted octanol–water partition coefficient (Wildman–Crippen LogP) is 2.57. The molecular formula is C17H14N2O3S. The summed E-state index contributed by atoms with van der Waals surface area (Å²) in [5.41, 5.74) is 1.03. The summed E-state index contributed by atoms with van der Waals surface area (Å²) in [6, 6.07) is 11.5. The van der Waals surface area contributed by atoms with Crippen LogP contribution >= 0.6 is 0 Å². The average Bonchev–Trinajstić information content (AvgIpc) is 3.01. The first-order valence-corrected chi connectivity index (χ1v) is 8.39.